The molecule has 0 spiro atoms. The quantitative estimate of drug-likeness (QED) is 0.793. The number of hydrogen-bond acceptors (Lipinski definition) is 2. The van der Waals surface area contributed by atoms with Crippen molar-refractivity contribution >= 4 is 28.7 Å². The molecule has 2 aromatic carbocycles. The summed E-state index contributed by atoms with van der Waals surface area (Å²) in [6, 6.07) is 12.1. The second-order valence-electron chi connectivity index (χ2n) is 5.28. The molecule has 0 radical (unpaired) electrons. The Hall–Kier alpha value is -2.07. The minimum Gasteiger partial charge on any atom is -0.492 e. The Kier molecular flexibility index (Phi) is 5.39. The third-order valence-electron chi connectivity index (χ3n) is 3.35. The van der Waals surface area contributed by atoms with Crippen molar-refractivity contribution < 1.29 is 4.74 Å². The van der Waals surface area contributed by atoms with Crippen LogP contribution in [0.4, 0.5) is 11.4 Å². The molecule has 0 aliphatic heterocycles. The van der Waals surface area contributed by atoms with Crippen LogP contribution in [0, 0.1) is 20.8 Å². The number of benzene rings is 2. The maximum atomic E-state index is 5.60. The van der Waals surface area contributed by atoms with E-state index in [1.54, 1.807) is 0 Å². The number of nitrogens with one attached hydrogen (secondary N) is 2. The molecule has 0 bridgehead atoms. The van der Waals surface area contributed by atoms with Crippen molar-refractivity contribution in [2.45, 2.75) is 27.7 Å². The van der Waals surface area contributed by atoms with Crippen molar-refractivity contribution in [2.24, 2.45) is 0 Å². The van der Waals surface area contributed by atoms with Crippen LogP contribution in [0.15, 0.2) is 36.4 Å². The molecule has 0 aliphatic carbocycles. The summed E-state index contributed by atoms with van der Waals surface area (Å²) in [5.74, 6) is 0.798. The van der Waals surface area contributed by atoms with E-state index < -0.39 is 0 Å². The molecule has 0 heterocycles. The van der Waals surface area contributed by atoms with Gasteiger partial charge in [-0.25, -0.2) is 0 Å². The number of rotatable bonds is 4. The molecule has 0 amide bonds. The lowest BCUT2D eigenvalue weighted by molar-refractivity contribution is 0.342. The third kappa shape index (κ3) is 3.98. The molecule has 0 atom stereocenters. The van der Waals surface area contributed by atoms with Gasteiger partial charge in [0.05, 0.1) is 12.3 Å². The van der Waals surface area contributed by atoms with Crippen LogP contribution in [0.1, 0.15) is 23.6 Å². The van der Waals surface area contributed by atoms with Crippen LogP contribution in [0.3, 0.4) is 0 Å². The van der Waals surface area contributed by atoms with Gasteiger partial charge in [0.2, 0.25) is 0 Å². The van der Waals surface area contributed by atoms with E-state index in [2.05, 4.69) is 43.5 Å². The summed E-state index contributed by atoms with van der Waals surface area (Å²) in [5.41, 5.74) is 5.53. The van der Waals surface area contributed by atoms with E-state index in [1.807, 2.05) is 31.2 Å². The molecule has 2 N–H and O–H groups in total. The SMILES string of the molecule is CCOc1ccccc1NC(=S)Nc1c(C)cc(C)cc1C. The van der Waals surface area contributed by atoms with E-state index in [9.17, 15) is 0 Å². The highest BCUT2D eigenvalue weighted by Crippen LogP contribution is 2.25. The smallest absolute Gasteiger partial charge is 0.175 e. The van der Waals surface area contributed by atoms with Crippen LogP contribution < -0.4 is 15.4 Å². The summed E-state index contributed by atoms with van der Waals surface area (Å²) in [6.45, 7) is 8.85. The van der Waals surface area contributed by atoms with Gasteiger partial charge in [0.15, 0.2) is 5.11 Å². The van der Waals surface area contributed by atoms with E-state index in [4.69, 9.17) is 17.0 Å². The summed E-state index contributed by atoms with van der Waals surface area (Å²) in [4.78, 5) is 0. The Morgan fingerprint density at radius 3 is 2.32 bits per heavy atom. The number of ether oxygens (including phenoxy) is 1. The van der Waals surface area contributed by atoms with E-state index in [-0.39, 0.29) is 0 Å². The average molecular weight is 314 g/mol. The van der Waals surface area contributed by atoms with Crippen molar-refractivity contribution in [3.05, 3.63) is 53.1 Å². The summed E-state index contributed by atoms with van der Waals surface area (Å²) >= 11 is 5.44. The van der Waals surface area contributed by atoms with Gasteiger partial charge >= 0.3 is 0 Å². The standard InChI is InChI=1S/C18H22N2OS/c1-5-21-16-9-7-6-8-15(16)19-18(22)20-17-13(3)10-12(2)11-14(17)4/h6-11H,5H2,1-4H3,(H2,19,20,22). The molecule has 0 unspecified atom stereocenters. The van der Waals surface area contributed by atoms with Crippen molar-refractivity contribution in [1.82, 2.24) is 0 Å². The summed E-state index contributed by atoms with van der Waals surface area (Å²) < 4.78 is 5.60. The Labute approximate surface area is 137 Å². The van der Waals surface area contributed by atoms with Crippen molar-refractivity contribution in [1.29, 1.82) is 0 Å². The maximum Gasteiger partial charge on any atom is 0.175 e. The first-order valence-electron chi connectivity index (χ1n) is 7.39. The van der Waals surface area contributed by atoms with Gasteiger partial charge < -0.3 is 15.4 Å². The zero-order valence-corrected chi connectivity index (χ0v) is 14.3. The predicted molar refractivity (Wildman–Crippen MR) is 98.1 cm³/mol. The van der Waals surface area contributed by atoms with Crippen LogP contribution in [-0.2, 0) is 0 Å². The molecular weight excluding hydrogens is 292 g/mol. The number of para-hydroxylation sites is 2. The average Bonchev–Trinajstić information content (AvgIpc) is 2.45. The van der Waals surface area contributed by atoms with Gasteiger partial charge in [0.1, 0.15) is 5.75 Å². The summed E-state index contributed by atoms with van der Waals surface area (Å²) in [7, 11) is 0. The number of hydrogen-bond donors (Lipinski definition) is 2. The number of aryl methyl sites for hydroxylation is 3. The monoisotopic (exact) mass is 314 g/mol. The minimum absolute atomic E-state index is 0.558. The van der Waals surface area contributed by atoms with Gasteiger partial charge in [-0.15, -0.1) is 0 Å². The first-order chi connectivity index (χ1) is 10.5. The normalized spacial score (nSPS) is 10.2. The van der Waals surface area contributed by atoms with Crippen molar-refractivity contribution in [3.63, 3.8) is 0 Å². The zero-order chi connectivity index (χ0) is 16.1. The molecule has 0 fully saturated rings. The Bertz CT molecular complexity index is 660. The highest BCUT2D eigenvalue weighted by Gasteiger charge is 2.08. The van der Waals surface area contributed by atoms with Crippen LogP contribution in [0.25, 0.3) is 0 Å². The second-order valence-corrected chi connectivity index (χ2v) is 5.69. The first-order valence-corrected chi connectivity index (χ1v) is 7.79. The largest absolute Gasteiger partial charge is 0.492 e. The molecule has 0 saturated carbocycles. The fraction of sp³-hybridized carbons (Fsp3) is 0.278. The fourth-order valence-corrected chi connectivity index (χ4v) is 2.71. The molecular formula is C18H22N2OS. The van der Waals surface area contributed by atoms with Gasteiger partial charge in [0.25, 0.3) is 0 Å². The first kappa shape index (κ1) is 16.3. The molecule has 2 rings (SSSR count). The second kappa shape index (κ2) is 7.27. The summed E-state index contributed by atoms with van der Waals surface area (Å²) in [5, 5.41) is 7.05. The molecule has 0 aliphatic rings. The minimum atomic E-state index is 0.558. The van der Waals surface area contributed by atoms with Gasteiger partial charge in [-0.1, -0.05) is 29.8 Å². The Morgan fingerprint density at radius 1 is 1.05 bits per heavy atom. The van der Waals surface area contributed by atoms with Crippen molar-refractivity contribution in [2.75, 3.05) is 17.2 Å². The van der Waals surface area contributed by atoms with Gasteiger partial charge in [-0.2, -0.15) is 0 Å². The van der Waals surface area contributed by atoms with Crippen LogP contribution in [0.5, 0.6) is 5.75 Å². The highest BCUT2D eigenvalue weighted by atomic mass is 32.1. The van der Waals surface area contributed by atoms with E-state index in [1.165, 1.54) is 16.7 Å². The summed E-state index contributed by atoms with van der Waals surface area (Å²) in [6.07, 6.45) is 0. The lowest BCUT2D eigenvalue weighted by atomic mass is 10.1. The van der Waals surface area contributed by atoms with Crippen molar-refractivity contribution in [3.8, 4) is 5.75 Å². The third-order valence-corrected chi connectivity index (χ3v) is 3.55. The molecule has 22 heavy (non-hydrogen) atoms. The highest BCUT2D eigenvalue weighted by molar-refractivity contribution is 7.80. The van der Waals surface area contributed by atoms with E-state index in [0.29, 0.717) is 11.7 Å². The maximum absolute atomic E-state index is 5.60. The molecule has 0 saturated heterocycles. The van der Waals surface area contributed by atoms with Crippen LogP contribution in [0.2, 0.25) is 0 Å². The lowest BCUT2D eigenvalue weighted by Crippen LogP contribution is -2.20. The molecule has 4 heteroatoms. The number of anilines is 2. The topological polar surface area (TPSA) is 33.3 Å². The number of thiocarbonyl (C=S) groups is 1. The molecule has 3 nitrogen and oxygen atoms in total. The van der Waals surface area contributed by atoms with E-state index >= 15 is 0 Å². The van der Waals surface area contributed by atoms with Gasteiger partial charge in [-0.05, 0) is 63.2 Å². The lowest BCUT2D eigenvalue weighted by Gasteiger charge is -2.17. The molecule has 116 valence electrons. The Balaban J connectivity index is 2.14. The molecule has 0 aromatic heterocycles. The van der Waals surface area contributed by atoms with Gasteiger partial charge in [0, 0.05) is 5.69 Å². The predicted octanol–water partition coefficient (Wildman–Crippen LogP) is 4.82. The van der Waals surface area contributed by atoms with Crippen LogP contribution >= 0.6 is 12.2 Å². The van der Waals surface area contributed by atoms with Crippen LogP contribution in [-0.4, -0.2) is 11.7 Å². The fourth-order valence-electron chi connectivity index (χ4n) is 2.50. The van der Waals surface area contributed by atoms with E-state index in [0.717, 1.165) is 17.1 Å². The Morgan fingerprint density at radius 2 is 1.68 bits per heavy atom. The zero-order valence-electron chi connectivity index (χ0n) is 13.5. The van der Waals surface area contributed by atoms with Gasteiger partial charge in [-0.3, -0.25) is 0 Å². The molecule has 2 aromatic rings.